The molecule has 0 aliphatic heterocycles. The topological polar surface area (TPSA) is 64.3 Å². The number of nitrogens with two attached hydrogens (primary N) is 1. The van der Waals surface area contributed by atoms with E-state index in [1.165, 1.54) is 0 Å². The predicted octanol–water partition coefficient (Wildman–Crippen LogP) is 1.61. The Morgan fingerprint density at radius 3 is 2.39 bits per heavy atom. The highest BCUT2D eigenvalue weighted by Crippen LogP contribution is 2.05. The fourth-order valence-electron chi connectivity index (χ4n) is 1.32. The zero-order valence-corrected chi connectivity index (χ0v) is 11.6. The van der Waals surface area contributed by atoms with Crippen LogP contribution in [0.5, 0.6) is 0 Å². The highest BCUT2D eigenvalue weighted by molar-refractivity contribution is 5.85. The number of benzene rings is 1. The van der Waals surface area contributed by atoms with E-state index in [4.69, 9.17) is 10.5 Å². The largest absolute Gasteiger partial charge is 0.377 e. The normalized spacial score (nSPS) is 11.5. The van der Waals surface area contributed by atoms with Crippen molar-refractivity contribution in [3.8, 4) is 0 Å². The minimum absolute atomic E-state index is 0. The summed E-state index contributed by atoms with van der Waals surface area (Å²) >= 11 is 0. The standard InChI is InChI=1S/C13H20N2O2.ClH/c1-3-17-9-12-6-4-11(5-7-12)8-15-13(16)10(2)14;/h4-7,10H,3,8-9,14H2,1-2H3,(H,15,16);1H/t10-;/m1./s1. The Morgan fingerprint density at radius 1 is 1.33 bits per heavy atom. The first-order chi connectivity index (χ1) is 8.13. The summed E-state index contributed by atoms with van der Waals surface area (Å²) < 4.78 is 5.30. The van der Waals surface area contributed by atoms with Crippen LogP contribution in [0.4, 0.5) is 0 Å². The van der Waals surface area contributed by atoms with E-state index >= 15 is 0 Å². The predicted molar refractivity (Wildman–Crippen MR) is 74.5 cm³/mol. The number of halogens is 1. The van der Waals surface area contributed by atoms with Crippen molar-refractivity contribution in [3.63, 3.8) is 0 Å². The van der Waals surface area contributed by atoms with Gasteiger partial charge in [-0.2, -0.15) is 0 Å². The molecular formula is C13H21ClN2O2. The first-order valence-corrected chi connectivity index (χ1v) is 5.82. The van der Waals surface area contributed by atoms with Crippen molar-refractivity contribution < 1.29 is 9.53 Å². The van der Waals surface area contributed by atoms with E-state index < -0.39 is 6.04 Å². The van der Waals surface area contributed by atoms with Gasteiger partial charge in [-0.3, -0.25) is 4.79 Å². The van der Waals surface area contributed by atoms with Crippen molar-refractivity contribution in [1.29, 1.82) is 0 Å². The molecule has 0 fully saturated rings. The molecule has 0 aliphatic rings. The third-order valence-corrected chi connectivity index (χ3v) is 2.38. The molecule has 1 rings (SSSR count). The third-order valence-electron chi connectivity index (χ3n) is 2.38. The molecule has 0 spiro atoms. The van der Waals surface area contributed by atoms with E-state index in [0.717, 1.165) is 11.1 Å². The molecule has 0 radical (unpaired) electrons. The van der Waals surface area contributed by atoms with Gasteiger partial charge in [0.25, 0.3) is 0 Å². The number of hydrogen-bond acceptors (Lipinski definition) is 3. The third kappa shape index (κ3) is 6.00. The Balaban J connectivity index is 0.00000289. The number of ether oxygens (including phenoxy) is 1. The Kier molecular flexibility index (Phi) is 8.37. The summed E-state index contributed by atoms with van der Waals surface area (Å²) in [6, 6.07) is 7.50. The van der Waals surface area contributed by atoms with Crippen LogP contribution in [0.1, 0.15) is 25.0 Å². The second-order valence-corrected chi connectivity index (χ2v) is 3.96. The van der Waals surface area contributed by atoms with Crippen LogP contribution in [0.2, 0.25) is 0 Å². The summed E-state index contributed by atoms with van der Waals surface area (Å²) in [5.41, 5.74) is 7.64. The molecule has 1 aromatic carbocycles. The van der Waals surface area contributed by atoms with Crippen molar-refractivity contribution in [2.75, 3.05) is 6.61 Å². The van der Waals surface area contributed by atoms with E-state index in [-0.39, 0.29) is 18.3 Å². The van der Waals surface area contributed by atoms with Gasteiger partial charge in [0.2, 0.25) is 5.91 Å². The average molecular weight is 273 g/mol. The van der Waals surface area contributed by atoms with Crippen LogP contribution >= 0.6 is 12.4 Å². The molecule has 0 bridgehead atoms. The number of rotatable bonds is 6. The second kappa shape index (κ2) is 8.91. The zero-order chi connectivity index (χ0) is 12.7. The smallest absolute Gasteiger partial charge is 0.236 e. The summed E-state index contributed by atoms with van der Waals surface area (Å²) in [6.07, 6.45) is 0. The molecule has 0 aromatic heterocycles. The SMILES string of the molecule is CCOCc1ccc(CNC(=O)[C@@H](C)N)cc1.Cl. The molecule has 0 heterocycles. The van der Waals surface area contributed by atoms with Gasteiger partial charge >= 0.3 is 0 Å². The van der Waals surface area contributed by atoms with Gasteiger partial charge in [0.05, 0.1) is 12.6 Å². The van der Waals surface area contributed by atoms with Gasteiger partial charge in [-0.15, -0.1) is 12.4 Å². The Labute approximate surface area is 114 Å². The fourth-order valence-corrected chi connectivity index (χ4v) is 1.32. The molecule has 4 nitrogen and oxygen atoms in total. The minimum Gasteiger partial charge on any atom is -0.377 e. The van der Waals surface area contributed by atoms with E-state index in [1.54, 1.807) is 6.92 Å². The highest BCUT2D eigenvalue weighted by atomic mass is 35.5. The van der Waals surface area contributed by atoms with Gasteiger partial charge in [0.15, 0.2) is 0 Å². The zero-order valence-electron chi connectivity index (χ0n) is 10.8. The molecule has 3 N–H and O–H groups in total. The Morgan fingerprint density at radius 2 is 1.89 bits per heavy atom. The van der Waals surface area contributed by atoms with Crippen molar-refractivity contribution >= 4 is 18.3 Å². The molecule has 5 heteroatoms. The molecule has 1 aromatic rings. The van der Waals surface area contributed by atoms with E-state index in [9.17, 15) is 4.79 Å². The van der Waals surface area contributed by atoms with Gasteiger partial charge < -0.3 is 15.8 Å². The maximum Gasteiger partial charge on any atom is 0.236 e. The van der Waals surface area contributed by atoms with Gasteiger partial charge in [-0.1, -0.05) is 24.3 Å². The molecular weight excluding hydrogens is 252 g/mol. The summed E-state index contributed by atoms with van der Waals surface area (Å²) in [7, 11) is 0. The highest BCUT2D eigenvalue weighted by Gasteiger charge is 2.05. The minimum atomic E-state index is -0.466. The van der Waals surface area contributed by atoms with E-state index in [0.29, 0.717) is 19.8 Å². The summed E-state index contributed by atoms with van der Waals surface area (Å²) in [4.78, 5) is 11.3. The van der Waals surface area contributed by atoms with Crippen LogP contribution in [0.25, 0.3) is 0 Å². The number of carbonyl (C=O) groups excluding carboxylic acids is 1. The molecule has 102 valence electrons. The molecule has 0 unspecified atom stereocenters. The van der Waals surface area contributed by atoms with Gasteiger partial charge in [-0.25, -0.2) is 0 Å². The lowest BCUT2D eigenvalue weighted by atomic mass is 10.1. The van der Waals surface area contributed by atoms with Crippen LogP contribution in [-0.2, 0) is 22.7 Å². The van der Waals surface area contributed by atoms with Crippen molar-refractivity contribution in [2.45, 2.75) is 33.0 Å². The fraction of sp³-hybridized carbons (Fsp3) is 0.462. The monoisotopic (exact) mass is 272 g/mol. The van der Waals surface area contributed by atoms with E-state index in [1.807, 2.05) is 31.2 Å². The van der Waals surface area contributed by atoms with Crippen LogP contribution in [0.3, 0.4) is 0 Å². The molecule has 0 saturated carbocycles. The number of amides is 1. The summed E-state index contributed by atoms with van der Waals surface area (Å²) in [6.45, 7) is 5.49. The first kappa shape index (κ1) is 16.9. The van der Waals surface area contributed by atoms with Crippen LogP contribution in [-0.4, -0.2) is 18.6 Å². The van der Waals surface area contributed by atoms with Crippen LogP contribution in [0.15, 0.2) is 24.3 Å². The number of carbonyl (C=O) groups is 1. The summed E-state index contributed by atoms with van der Waals surface area (Å²) in [5, 5.41) is 2.77. The van der Waals surface area contributed by atoms with Crippen LogP contribution < -0.4 is 11.1 Å². The first-order valence-electron chi connectivity index (χ1n) is 5.82. The lowest BCUT2D eigenvalue weighted by Gasteiger charge is -2.08. The van der Waals surface area contributed by atoms with Gasteiger partial charge in [0.1, 0.15) is 0 Å². The molecule has 0 aliphatic carbocycles. The van der Waals surface area contributed by atoms with Crippen molar-refractivity contribution in [2.24, 2.45) is 5.73 Å². The van der Waals surface area contributed by atoms with Gasteiger partial charge in [-0.05, 0) is 25.0 Å². The lowest BCUT2D eigenvalue weighted by Crippen LogP contribution is -2.37. The number of nitrogens with one attached hydrogen (secondary N) is 1. The number of hydrogen-bond donors (Lipinski definition) is 2. The van der Waals surface area contributed by atoms with Gasteiger partial charge in [0, 0.05) is 13.2 Å². The van der Waals surface area contributed by atoms with Crippen molar-refractivity contribution in [3.05, 3.63) is 35.4 Å². The summed E-state index contributed by atoms with van der Waals surface area (Å²) in [5.74, 6) is -0.136. The van der Waals surface area contributed by atoms with E-state index in [2.05, 4.69) is 5.32 Å². The quantitative estimate of drug-likeness (QED) is 0.827. The molecule has 18 heavy (non-hydrogen) atoms. The van der Waals surface area contributed by atoms with Crippen LogP contribution in [0, 0.1) is 0 Å². The van der Waals surface area contributed by atoms with Crippen molar-refractivity contribution in [1.82, 2.24) is 5.32 Å². The molecule has 1 amide bonds. The average Bonchev–Trinajstić information content (AvgIpc) is 2.34. The maximum atomic E-state index is 11.3. The molecule has 0 saturated heterocycles. The molecule has 1 atom stereocenters. The Hall–Kier alpha value is -1.10. The Bertz CT molecular complexity index is 353. The second-order valence-electron chi connectivity index (χ2n) is 3.96. The lowest BCUT2D eigenvalue weighted by molar-refractivity contribution is -0.122. The maximum absolute atomic E-state index is 11.3.